The molecule has 7 heteroatoms. The molecule has 0 aromatic heterocycles. The molecule has 0 spiro atoms. The van der Waals surface area contributed by atoms with Crippen molar-refractivity contribution in [2.75, 3.05) is 24.2 Å². The summed E-state index contributed by atoms with van der Waals surface area (Å²) in [6.07, 6.45) is 0.796. The molecule has 3 amide bonds. The van der Waals surface area contributed by atoms with Gasteiger partial charge in [-0.15, -0.1) is 11.8 Å². The highest BCUT2D eigenvalue weighted by atomic mass is 32.2. The Bertz CT molecular complexity index is 764. The van der Waals surface area contributed by atoms with Gasteiger partial charge in [0.15, 0.2) is 0 Å². The van der Waals surface area contributed by atoms with Crippen LogP contribution in [0.5, 0.6) is 0 Å². The zero-order valence-corrected chi connectivity index (χ0v) is 16.9. The van der Waals surface area contributed by atoms with E-state index in [0.29, 0.717) is 30.3 Å². The van der Waals surface area contributed by atoms with Gasteiger partial charge in [0.25, 0.3) is 5.91 Å². The first-order valence-electron chi connectivity index (χ1n) is 9.25. The number of hydrogen-bond acceptors (Lipinski definition) is 3. The standard InChI is InChI=1S/C21H26FN3O2S/c1-15(2)14-24-20(26)16-4-8-18(9-5-16)25-21(27)23-12-3-13-28-19-10-6-17(22)7-11-19/h4-11,15H,3,12-14H2,1-2H3,(H,24,26)(H2,23,25,27). The molecule has 28 heavy (non-hydrogen) atoms. The van der Waals surface area contributed by atoms with Crippen LogP contribution in [0, 0.1) is 11.7 Å². The van der Waals surface area contributed by atoms with Crippen LogP contribution in [0.15, 0.2) is 53.4 Å². The number of benzene rings is 2. The van der Waals surface area contributed by atoms with E-state index in [9.17, 15) is 14.0 Å². The van der Waals surface area contributed by atoms with Gasteiger partial charge in [-0.1, -0.05) is 13.8 Å². The van der Waals surface area contributed by atoms with Crippen molar-refractivity contribution in [3.8, 4) is 0 Å². The Balaban J connectivity index is 1.65. The molecule has 0 atom stereocenters. The Morgan fingerprint density at radius 2 is 1.68 bits per heavy atom. The third-order valence-electron chi connectivity index (χ3n) is 3.76. The zero-order valence-electron chi connectivity index (χ0n) is 16.1. The lowest BCUT2D eigenvalue weighted by molar-refractivity contribution is 0.0949. The van der Waals surface area contributed by atoms with Crippen molar-refractivity contribution < 1.29 is 14.0 Å². The highest BCUT2D eigenvalue weighted by Crippen LogP contribution is 2.18. The lowest BCUT2D eigenvalue weighted by atomic mass is 10.1. The highest BCUT2D eigenvalue weighted by molar-refractivity contribution is 7.99. The van der Waals surface area contributed by atoms with Crippen LogP contribution in [0.4, 0.5) is 14.9 Å². The highest BCUT2D eigenvalue weighted by Gasteiger charge is 2.07. The molecule has 5 nitrogen and oxygen atoms in total. The predicted molar refractivity (Wildman–Crippen MR) is 112 cm³/mol. The second-order valence-corrected chi connectivity index (χ2v) is 7.89. The number of nitrogens with one attached hydrogen (secondary N) is 3. The molecule has 0 aliphatic rings. The summed E-state index contributed by atoms with van der Waals surface area (Å²) in [5, 5.41) is 8.39. The molecule has 150 valence electrons. The van der Waals surface area contributed by atoms with E-state index in [0.717, 1.165) is 17.1 Å². The fourth-order valence-corrected chi connectivity index (χ4v) is 3.13. The van der Waals surface area contributed by atoms with Gasteiger partial charge in [-0.3, -0.25) is 4.79 Å². The SMILES string of the molecule is CC(C)CNC(=O)c1ccc(NC(=O)NCCCSc2ccc(F)cc2)cc1. The normalized spacial score (nSPS) is 10.6. The van der Waals surface area contributed by atoms with Crippen LogP contribution in [-0.2, 0) is 0 Å². The summed E-state index contributed by atoms with van der Waals surface area (Å²) in [7, 11) is 0. The second kappa shape index (κ2) is 11.3. The molecule has 0 saturated carbocycles. The van der Waals surface area contributed by atoms with Crippen molar-refractivity contribution in [2.45, 2.75) is 25.2 Å². The number of urea groups is 1. The minimum absolute atomic E-state index is 0.122. The van der Waals surface area contributed by atoms with Gasteiger partial charge in [0.05, 0.1) is 0 Å². The lowest BCUT2D eigenvalue weighted by Crippen LogP contribution is -2.30. The van der Waals surface area contributed by atoms with Gasteiger partial charge in [0.2, 0.25) is 0 Å². The van der Waals surface area contributed by atoms with E-state index in [-0.39, 0.29) is 17.8 Å². The summed E-state index contributed by atoms with van der Waals surface area (Å²) in [6, 6.07) is 12.8. The van der Waals surface area contributed by atoms with Crippen LogP contribution < -0.4 is 16.0 Å². The monoisotopic (exact) mass is 403 g/mol. The lowest BCUT2D eigenvalue weighted by Gasteiger charge is -2.10. The Morgan fingerprint density at radius 1 is 1.00 bits per heavy atom. The maximum absolute atomic E-state index is 12.8. The average molecular weight is 404 g/mol. The van der Waals surface area contributed by atoms with Crippen molar-refractivity contribution >= 4 is 29.4 Å². The van der Waals surface area contributed by atoms with E-state index >= 15 is 0 Å². The number of hydrogen-bond donors (Lipinski definition) is 3. The van der Waals surface area contributed by atoms with Crippen molar-refractivity contribution in [3.63, 3.8) is 0 Å². The van der Waals surface area contributed by atoms with E-state index in [1.165, 1.54) is 12.1 Å². The number of rotatable bonds is 9. The first kappa shape index (κ1) is 21.8. The average Bonchev–Trinajstić information content (AvgIpc) is 2.68. The minimum Gasteiger partial charge on any atom is -0.352 e. The molecule has 0 bridgehead atoms. The molecule has 0 radical (unpaired) electrons. The van der Waals surface area contributed by atoms with Gasteiger partial charge in [-0.05, 0) is 66.6 Å². The molecular weight excluding hydrogens is 377 g/mol. The van der Waals surface area contributed by atoms with Crippen molar-refractivity contribution in [1.82, 2.24) is 10.6 Å². The molecule has 0 saturated heterocycles. The quantitative estimate of drug-likeness (QED) is 0.426. The maximum atomic E-state index is 12.8. The summed E-state index contributed by atoms with van der Waals surface area (Å²) in [5.74, 6) is 0.851. The molecule has 2 aromatic carbocycles. The molecule has 0 heterocycles. The zero-order chi connectivity index (χ0) is 20.4. The van der Waals surface area contributed by atoms with Crippen molar-refractivity contribution in [1.29, 1.82) is 0 Å². The fraction of sp³-hybridized carbons (Fsp3) is 0.333. The van der Waals surface area contributed by atoms with Crippen molar-refractivity contribution in [3.05, 3.63) is 59.9 Å². The molecule has 0 unspecified atom stereocenters. The Kier molecular flexibility index (Phi) is 8.81. The number of halogens is 1. The van der Waals surface area contributed by atoms with Crippen LogP contribution in [-0.4, -0.2) is 30.8 Å². The van der Waals surface area contributed by atoms with Gasteiger partial charge >= 0.3 is 6.03 Å². The predicted octanol–water partition coefficient (Wildman–Crippen LogP) is 4.52. The number of carbonyl (C=O) groups is 2. The van der Waals surface area contributed by atoms with Gasteiger partial charge in [-0.2, -0.15) is 0 Å². The minimum atomic E-state index is -0.288. The Labute approximate surface area is 169 Å². The largest absolute Gasteiger partial charge is 0.352 e. The summed E-state index contributed by atoms with van der Waals surface area (Å²) >= 11 is 1.62. The van der Waals surface area contributed by atoms with Crippen LogP contribution in [0.1, 0.15) is 30.6 Å². The summed E-state index contributed by atoms with van der Waals surface area (Å²) in [4.78, 5) is 24.9. The maximum Gasteiger partial charge on any atom is 0.319 e. The first-order chi connectivity index (χ1) is 13.4. The molecular formula is C21H26FN3O2S. The number of amides is 3. The molecule has 0 fully saturated rings. The third kappa shape index (κ3) is 8.00. The van der Waals surface area contributed by atoms with Crippen LogP contribution in [0.25, 0.3) is 0 Å². The first-order valence-corrected chi connectivity index (χ1v) is 10.2. The van der Waals surface area contributed by atoms with Crippen LogP contribution in [0.2, 0.25) is 0 Å². The summed E-state index contributed by atoms with van der Waals surface area (Å²) < 4.78 is 12.8. The number of anilines is 1. The second-order valence-electron chi connectivity index (χ2n) is 6.72. The molecule has 0 aliphatic carbocycles. The Hall–Kier alpha value is -2.54. The van der Waals surface area contributed by atoms with Gasteiger partial charge in [0, 0.05) is 29.2 Å². The third-order valence-corrected chi connectivity index (χ3v) is 4.86. The Morgan fingerprint density at radius 3 is 2.32 bits per heavy atom. The molecule has 2 aromatic rings. The van der Waals surface area contributed by atoms with E-state index in [1.54, 1.807) is 48.2 Å². The van der Waals surface area contributed by atoms with E-state index in [4.69, 9.17) is 0 Å². The van der Waals surface area contributed by atoms with Crippen LogP contribution >= 0.6 is 11.8 Å². The molecule has 0 aliphatic heterocycles. The van der Waals surface area contributed by atoms with E-state index in [1.807, 2.05) is 13.8 Å². The van der Waals surface area contributed by atoms with Crippen LogP contribution in [0.3, 0.4) is 0 Å². The van der Waals surface area contributed by atoms with E-state index < -0.39 is 0 Å². The number of carbonyl (C=O) groups excluding carboxylic acids is 2. The molecule has 3 N–H and O–H groups in total. The molecule has 2 rings (SSSR count). The van der Waals surface area contributed by atoms with Crippen molar-refractivity contribution in [2.24, 2.45) is 5.92 Å². The van der Waals surface area contributed by atoms with Gasteiger partial charge in [-0.25, -0.2) is 9.18 Å². The fourth-order valence-electron chi connectivity index (χ4n) is 2.27. The summed E-state index contributed by atoms with van der Waals surface area (Å²) in [5.41, 5.74) is 1.18. The topological polar surface area (TPSA) is 70.2 Å². The van der Waals surface area contributed by atoms with Gasteiger partial charge in [0.1, 0.15) is 5.82 Å². The van der Waals surface area contributed by atoms with E-state index in [2.05, 4.69) is 16.0 Å². The number of thioether (sulfide) groups is 1. The van der Waals surface area contributed by atoms with Gasteiger partial charge < -0.3 is 16.0 Å². The summed E-state index contributed by atoms with van der Waals surface area (Å²) in [6.45, 7) is 5.23. The smallest absolute Gasteiger partial charge is 0.319 e.